The molecule has 2 aliphatic heterocycles. The molecule has 2 amide bonds. The van der Waals surface area contributed by atoms with Crippen molar-refractivity contribution >= 4 is 39.1 Å². The molecule has 0 N–H and O–H groups in total. The molecule has 0 bridgehead atoms. The maximum absolute atomic E-state index is 13.1. The number of fused-ring (bicyclic) bond motifs is 1. The van der Waals surface area contributed by atoms with E-state index in [1.54, 1.807) is 43.5 Å². The zero-order chi connectivity index (χ0) is 19.1. The summed E-state index contributed by atoms with van der Waals surface area (Å²) in [6.45, 7) is 0. The molecule has 0 unspecified atom stereocenters. The largest absolute Gasteiger partial charge is 0.497 e. The summed E-state index contributed by atoms with van der Waals surface area (Å²) in [7, 11) is 3.07. The molecule has 27 heavy (non-hydrogen) atoms. The third-order valence-corrected chi connectivity index (χ3v) is 5.06. The number of nitrogens with zero attached hydrogens (tertiary/aromatic N) is 2. The molecule has 138 valence electrons. The van der Waals surface area contributed by atoms with E-state index in [1.165, 1.54) is 7.11 Å². The standard InChI is InChI=1S/C19H15BrN2O5/c1-25-12-6-7-13(14(9-12)26-2)16-15-17(27-21-16)19(24)22(18(15)23)11-5-3-4-10(20)8-11/h3-9,15,17H,1-2H3/t15-,17+/m0/s1. The number of benzene rings is 2. The maximum atomic E-state index is 13.1. The van der Waals surface area contributed by atoms with E-state index in [9.17, 15) is 9.59 Å². The van der Waals surface area contributed by atoms with E-state index in [1.807, 2.05) is 6.07 Å². The van der Waals surface area contributed by atoms with E-state index in [-0.39, 0.29) is 5.91 Å². The number of carbonyl (C=O) groups is 2. The van der Waals surface area contributed by atoms with Crippen molar-refractivity contribution in [1.82, 2.24) is 0 Å². The molecular weight excluding hydrogens is 416 g/mol. The molecule has 2 aromatic rings. The van der Waals surface area contributed by atoms with Crippen LogP contribution in [-0.2, 0) is 14.4 Å². The highest BCUT2D eigenvalue weighted by molar-refractivity contribution is 9.10. The van der Waals surface area contributed by atoms with E-state index in [4.69, 9.17) is 14.3 Å². The van der Waals surface area contributed by atoms with Gasteiger partial charge in [0.1, 0.15) is 23.1 Å². The first kappa shape index (κ1) is 17.5. The molecule has 7 nitrogen and oxygen atoms in total. The second-order valence-corrected chi connectivity index (χ2v) is 6.95. The number of imide groups is 1. The molecule has 2 atom stereocenters. The van der Waals surface area contributed by atoms with Crippen LogP contribution in [0.3, 0.4) is 0 Å². The number of amides is 2. The number of anilines is 1. The summed E-state index contributed by atoms with van der Waals surface area (Å²) < 4.78 is 11.4. The number of methoxy groups -OCH3 is 2. The second-order valence-electron chi connectivity index (χ2n) is 6.04. The fraction of sp³-hybridized carbons (Fsp3) is 0.211. The number of ether oxygens (including phenoxy) is 2. The summed E-state index contributed by atoms with van der Waals surface area (Å²) in [5, 5.41) is 4.02. The van der Waals surface area contributed by atoms with E-state index in [0.29, 0.717) is 28.5 Å². The summed E-state index contributed by atoms with van der Waals surface area (Å²) in [5.74, 6) is -0.542. The first-order valence-corrected chi connectivity index (χ1v) is 8.94. The minimum absolute atomic E-state index is 0.371. The fourth-order valence-corrected chi connectivity index (χ4v) is 3.67. The lowest BCUT2D eigenvalue weighted by molar-refractivity contribution is -0.126. The van der Waals surface area contributed by atoms with Crippen LogP contribution >= 0.6 is 15.9 Å². The summed E-state index contributed by atoms with van der Waals surface area (Å²) in [6, 6.07) is 12.2. The molecule has 1 saturated heterocycles. The van der Waals surface area contributed by atoms with Gasteiger partial charge in [-0.3, -0.25) is 9.59 Å². The van der Waals surface area contributed by atoms with E-state index >= 15 is 0 Å². The molecule has 2 heterocycles. The van der Waals surface area contributed by atoms with Gasteiger partial charge in [-0.25, -0.2) is 4.90 Å². The maximum Gasteiger partial charge on any atom is 0.278 e. The van der Waals surface area contributed by atoms with Gasteiger partial charge in [0, 0.05) is 16.1 Å². The smallest absolute Gasteiger partial charge is 0.278 e. The Bertz CT molecular complexity index is 974. The summed E-state index contributed by atoms with van der Waals surface area (Å²) >= 11 is 3.36. The molecule has 0 aliphatic carbocycles. The fourth-order valence-electron chi connectivity index (χ4n) is 3.28. The zero-order valence-corrected chi connectivity index (χ0v) is 16.1. The van der Waals surface area contributed by atoms with Gasteiger partial charge >= 0.3 is 0 Å². The molecule has 0 saturated carbocycles. The van der Waals surface area contributed by atoms with Crippen LogP contribution in [0.4, 0.5) is 5.69 Å². The van der Waals surface area contributed by atoms with Crippen molar-refractivity contribution in [2.24, 2.45) is 11.1 Å². The Balaban J connectivity index is 1.72. The third kappa shape index (κ3) is 2.76. The average molecular weight is 431 g/mol. The monoisotopic (exact) mass is 430 g/mol. The van der Waals surface area contributed by atoms with Crippen LogP contribution in [0.1, 0.15) is 5.56 Å². The minimum atomic E-state index is -0.974. The quantitative estimate of drug-likeness (QED) is 0.696. The van der Waals surface area contributed by atoms with Crippen molar-refractivity contribution in [3.63, 3.8) is 0 Å². The summed E-state index contributed by atoms with van der Waals surface area (Å²) in [5.41, 5.74) is 1.44. The predicted octanol–water partition coefficient (Wildman–Crippen LogP) is 2.76. The third-order valence-electron chi connectivity index (χ3n) is 4.56. The van der Waals surface area contributed by atoms with Crippen molar-refractivity contribution in [3.8, 4) is 11.5 Å². The van der Waals surface area contributed by atoms with Crippen molar-refractivity contribution in [2.75, 3.05) is 19.1 Å². The molecule has 2 aromatic carbocycles. The number of oxime groups is 1. The SMILES string of the molecule is COc1ccc(C2=NO[C@H]3C(=O)N(c4cccc(Br)c4)C(=O)[C@@H]23)c(OC)c1. The molecule has 4 rings (SSSR count). The Labute approximate surface area is 163 Å². The normalized spacial score (nSPS) is 21.0. The van der Waals surface area contributed by atoms with Crippen LogP contribution in [0.25, 0.3) is 0 Å². The zero-order valence-electron chi connectivity index (χ0n) is 14.5. The van der Waals surface area contributed by atoms with Crippen LogP contribution in [-0.4, -0.2) is 37.8 Å². The van der Waals surface area contributed by atoms with Crippen LogP contribution in [0.2, 0.25) is 0 Å². The molecule has 8 heteroatoms. The predicted molar refractivity (Wildman–Crippen MR) is 101 cm³/mol. The number of hydrogen-bond acceptors (Lipinski definition) is 6. The Morgan fingerprint density at radius 3 is 2.59 bits per heavy atom. The van der Waals surface area contributed by atoms with Crippen LogP contribution in [0, 0.1) is 5.92 Å². The number of carbonyl (C=O) groups excluding carboxylic acids is 2. The van der Waals surface area contributed by atoms with Gasteiger partial charge in [0.15, 0.2) is 0 Å². The minimum Gasteiger partial charge on any atom is -0.497 e. The average Bonchev–Trinajstić information content (AvgIpc) is 3.21. The number of hydrogen-bond donors (Lipinski definition) is 0. The number of halogens is 1. The topological polar surface area (TPSA) is 77.4 Å². The molecule has 0 aromatic heterocycles. The van der Waals surface area contributed by atoms with Gasteiger partial charge in [-0.1, -0.05) is 27.2 Å². The van der Waals surface area contributed by atoms with Crippen molar-refractivity contribution in [3.05, 3.63) is 52.5 Å². The van der Waals surface area contributed by atoms with Gasteiger partial charge in [0.05, 0.1) is 19.9 Å². The highest BCUT2D eigenvalue weighted by atomic mass is 79.9. The lowest BCUT2D eigenvalue weighted by Crippen LogP contribution is -2.33. The van der Waals surface area contributed by atoms with Gasteiger partial charge in [-0.15, -0.1) is 0 Å². The molecule has 0 radical (unpaired) electrons. The van der Waals surface area contributed by atoms with Crippen LogP contribution in [0.5, 0.6) is 11.5 Å². The van der Waals surface area contributed by atoms with Gasteiger partial charge < -0.3 is 14.3 Å². The first-order chi connectivity index (χ1) is 13.0. The van der Waals surface area contributed by atoms with E-state index in [2.05, 4.69) is 21.1 Å². The van der Waals surface area contributed by atoms with Gasteiger partial charge in [-0.2, -0.15) is 0 Å². The van der Waals surface area contributed by atoms with Crippen molar-refractivity contribution in [2.45, 2.75) is 6.10 Å². The van der Waals surface area contributed by atoms with Crippen molar-refractivity contribution in [1.29, 1.82) is 0 Å². The molecular formula is C19H15BrN2O5. The summed E-state index contributed by atoms with van der Waals surface area (Å²) in [6.07, 6.45) is -0.974. The Kier molecular flexibility index (Phi) is 4.35. The van der Waals surface area contributed by atoms with E-state index < -0.39 is 17.9 Å². The van der Waals surface area contributed by atoms with Crippen molar-refractivity contribution < 1.29 is 23.9 Å². The lowest BCUT2D eigenvalue weighted by Gasteiger charge is -2.16. The van der Waals surface area contributed by atoms with Crippen LogP contribution < -0.4 is 14.4 Å². The van der Waals surface area contributed by atoms with Gasteiger partial charge in [-0.05, 0) is 30.3 Å². The summed E-state index contributed by atoms with van der Waals surface area (Å²) in [4.78, 5) is 32.3. The van der Waals surface area contributed by atoms with Gasteiger partial charge in [0.25, 0.3) is 5.91 Å². The molecule has 0 spiro atoms. The van der Waals surface area contributed by atoms with Crippen LogP contribution in [0.15, 0.2) is 52.1 Å². The Morgan fingerprint density at radius 1 is 1.07 bits per heavy atom. The second kappa shape index (κ2) is 6.70. The highest BCUT2D eigenvalue weighted by Gasteiger charge is 2.56. The Hall–Kier alpha value is -2.87. The molecule has 1 fully saturated rings. The van der Waals surface area contributed by atoms with E-state index in [0.717, 1.165) is 9.37 Å². The Morgan fingerprint density at radius 2 is 1.89 bits per heavy atom. The highest BCUT2D eigenvalue weighted by Crippen LogP contribution is 2.38. The number of rotatable bonds is 4. The first-order valence-electron chi connectivity index (χ1n) is 8.14. The van der Waals surface area contributed by atoms with Gasteiger partial charge in [0.2, 0.25) is 12.0 Å². The lowest BCUT2D eigenvalue weighted by atomic mass is 9.93. The molecule has 2 aliphatic rings.